The van der Waals surface area contributed by atoms with Crippen LogP contribution in [0.4, 0.5) is 0 Å². The third kappa shape index (κ3) is 3.15. The molecule has 22 heavy (non-hydrogen) atoms. The Morgan fingerprint density at radius 3 is 2.32 bits per heavy atom. The van der Waals surface area contributed by atoms with Gasteiger partial charge in [0.1, 0.15) is 18.5 Å². The van der Waals surface area contributed by atoms with Gasteiger partial charge in [-0.3, -0.25) is 0 Å². The smallest absolute Gasteiger partial charge is 0.206 e. The van der Waals surface area contributed by atoms with Crippen molar-refractivity contribution in [2.45, 2.75) is 29.7 Å². The second kappa shape index (κ2) is 5.74. The van der Waals surface area contributed by atoms with Gasteiger partial charge in [-0.1, -0.05) is 17.7 Å². The van der Waals surface area contributed by atoms with Crippen LogP contribution in [0, 0.1) is 13.8 Å². The van der Waals surface area contributed by atoms with Gasteiger partial charge in [0.05, 0.1) is 16.4 Å². The largest absolute Gasteiger partial charge is 0.491 e. The third-order valence-corrected chi connectivity index (χ3v) is 5.38. The summed E-state index contributed by atoms with van der Waals surface area (Å²) in [7, 11) is -3.49. The summed E-state index contributed by atoms with van der Waals surface area (Å²) in [5.41, 5.74) is 1.83. The molecular weight excluding hydrogens is 300 g/mol. The van der Waals surface area contributed by atoms with E-state index in [2.05, 4.69) is 0 Å². The van der Waals surface area contributed by atoms with Crippen molar-refractivity contribution in [2.75, 3.05) is 13.2 Å². The Kier molecular flexibility index (Phi) is 3.93. The molecule has 2 aromatic carbocycles. The first kappa shape index (κ1) is 15.1. The molecule has 4 nitrogen and oxygen atoms in total. The average molecular weight is 318 g/mol. The van der Waals surface area contributed by atoms with E-state index in [0.29, 0.717) is 17.3 Å². The molecule has 1 aliphatic heterocycles. The highest BCUT2D eigenvalue weighted by atomic mass is 32.2. The van der Waals surface area contributed by atoms with E-state index in [0.717, 1.165) is 17.7 Å². The Morgan fingerprint density at radius 2 is 1.73 bits per heavy atom. The number of rotatable bonds is 5. The van der Waals surface area contributed by atoms with Crippen LogP contribution in [-0.2, 0) is 14.6 Å². The number of ether oxygens (including phenoxy) is 2. The van der Waals surface area contributed by atoms with Crippen LogP contribution in [0.2, 0.25) is 0 Å². The summed E-state index contributed by atoms with van der Waals surface area (Å²) in [6.45, 7) is 5.01. The number of hydrogen-bond acceptors (Lipinski definition) is 4. The maximum atomic E-state index is 12.6. The van der Waals surface area contributed by atoms with E-state index < -0.39 is 9.84 Å². The van der Waals surface area contributed by atoms with Gasteiger partial charge in [0.2, 0.25) is 9.84 Å². The fourth-order valence-electron chi connectivity index (χ4n) is 2.15. The van der Waals surface area contributed by atoms with Crippen LogP contribution in [-0.4, -0.2) is 27.7 Å². The van der Waals surface area contributed by atoms with Crippen molar-refractivity contribution in [3.05, 3.63) is 53.6 Å². The van der Waals surface area contributed by atoms with Gasteiger partial charge in [0, 0.05) is 0 Å². The van der Waals surface area contributed by atoms with E-state index in [9.17, 15) is 8.42 Å². The Morgan fingerprint density at radius 1 is 1.09 bits per heavy atom. The van der Waals surface area contributed by atoms with Gasteiger partial charge >= 0.3 is 0 Å². The van der Waals surface area contributed by atoms with Crippen LogP contribution in [0.15, 0.2) is 52.3 Å². The Bertz CT molecular complexity index is 775. The molecule has 1 fully saturated rings. The van der Waals surface area contributed by atoms with Gasteiger partial charge < -0.3 is 9.47 Å². The highest BCUT2D eigenvalue weighted by Gasteiger charge is 2.24. The minimum atomic E-state index is -3.49. The molecule has 5 heteroatoms. The van der Waals surface area contributed by atoms with Crippen LogP contribution in [0.1, 0.15) is 11.1 Å². The van der Waals surface area contributed by atoms with Gasteiger partial charge in [-0.15, -0.1) is 0 Å². The van der Waals surface area contributed by atoms with Gasteiger partial charge in [-0.05, 0) is 49.7 Å². The normalized spacial score (nSPS) is 17.3. The molecule has 0 bridgehead atoms. The summed E-state index contributed by atoms with van der Waals surface area (Å²) in [6, 6.07) is 11.8. The second-order valence-electron chi connectivity index (χ2n) is 5.51. The summed E-state index contributed by atoms with van der Waals surface area (Å²) in [6.07, 6.45) is 0.176. The van der Waals surface area contributed by atoms with Gasteiger partial charge in [-0.25, -0.2) is 8.42 Å². The molecular formula is C17H18O4S. The van der Waals surface area contributed by atoms with Crippen LogP contribution in [0.5, 0.6) is 5.75 Å². The lowest BCUT2D eigenvalue weighted by molar-refractivity contribution is 0.261. The average Bonchev–Trinajstić information content (AvgIpc) is 3.30. The lowest BCUT2D eigenvalue weighted by Crippen LogP contribution is -2.06. The fourth-order valence-corrected chi connectivity index (χ4v) is 3.50. The monoisotopic (exact) mass is 318 g/mol. The maximum absolute atomic E-state index is 12.6. The molecule has 0 aliphatic carbocycles. The molecule has 0 spiro atoms. The predicted octanol–water partition coefficient (Wildman–Crippen LogP) is 2.91. The van der Waals surface area contributed by atoms with Crippen molar-refractivity contribution in [1.29, 1.82) is 0 Å². The molecule has 116 valence electrons. The van der Waals surface area contributed by atoms with E-state index in [-0.39, 0.29) is 11.0 Å². The summed E-state index contributed by atoms with van der Waals surface area (Å²) in [4.78, 5) is 0.585. The van der Waals surface area contributed by atoms with Crippen LogP contribution >= 0.6 is 0 Å². The first-order chi connectivity index (χ1) is 10.5. The first-order valence-electron chi connectivity index (χ1n) is 7.13. The van der Waals surface area contributed by atoms with Gasteiger partial charge in [0.25, 0.3) is 0 Å². The molecule has 0 amide bonds. The SMILES string of the molecule is Cc1ccc(S(=O)(=O)c2ccc(OCC3CO3)c(C)c2)cc1. The zero-order valence-corrected chi connectivity index (χ0v) is 13.4. The minimum absolute atomic E-state index is 0.176. The maximum Gasteiger partial charge on any atom is 0.206 e. The lowest BCUT2D eigenvalue weighted by atomic mass is 10.2. The second-order valence-corrected chi connectivity index (χ2v) is 7.46. The molecule has 0 radical (unpaired) electrons. The van der Waals surface area contributed by atoms with E-state index >= 15 is 0 Å². The Hall–Kier alpha value is -1.85. The van der Waals surface area contributed by atoms with Crippen molar-refractivity contribution in [3.63, 3.8) is 0 Å². The standard InChI is InChI=1S/C17H18O4S/c1-12-3-5-15(6-4-12)22(18,19)16-7-8-17(13(2)9-16)21-11-14-10-20-14/h3-9,14H,10-11H2,1-2H3. The van der Waals surface area contributed by atoms with Crippen molar-refractivity contribution in [3.8, 4) is 5.75 Å². The number of sulfone groups is 1. The molecule has 2 aromatic rings. The number of benzene rings is 2. The Labute approximate surface area is 130 Å². The van der Waals surface area contributed by atoms with Crippen molar-refractivity contribution in [1.82, 2.24) is 0 Å². The van der Waals surface area contributed by atoms with E-state index in [4.69, 9.17) is 9.47 Å². The van der Waals surface area contributed by atoms with Crippen molar-refractivity contribution in [2.24, 2.45) is 0 Å². The summed E-state index contributed by atoms with van der Waals surface area (Å²) >= 11 is 0. The van der Waals surface area contributed by atoms with E-state index in [1.165, 1.54) is 0 Å². The van der Waals surface area contributed by atoms with Gasteiger partial charge in [0.15, 0.2) is 0 Å². The molecule has 1 heterocycles. The minimum Gasteiger partial charge on any atom is -0.491 e. The summed E-state index contributed by atoms with van der Waals surface area (Å²) in [5, 5.41) is 0. The molecule has 0 N–H and O–H groups in total. The molecule has 0 saturated carbocycles. The van der Waals surface area contributed by atoms with Crippen LogP contribution in [0.25, 0.3) is 0 Å². The van der Waals surface area contributed by atoms with Crippen LogP contribution in [0.3, 0.4) is 0 Å². The first-order valence-corrected chi connectivity index (χ1v) is 8.62. The quantitative estimate of drug-likeness (QED) is 0.795. The van der Waals surface area contributed by atoms with E-state index in [1.807, 2.05) is 13.8 Å². The van der Waals surface area contributed by atoms with Crippen molar-refractivity contribution < 1.29 is 17.9 Å². The lowest BCUT2D eigenvalue weighted by Gasteiger charge is -2.10. The Balaban J connectivity index is 1.86. The zero-order valence-electron chi connectivity index (χ0n) is 12.6. The molecule has 1 aliphatic rings. The fraction of sp³-hybridized carbons (Fsp3) is 0.294. The number of hydrogen-bond donors (Lipinski definition) is 0. The summed E-state index contributed by atoms with van der Waals surface area (Å²) < 4.78 is 36.0. The van der Waals surface area contributed by atoms with Crippen LogP contribution < -0.4 is 4.74 Å². The van der Waals surface area contributed by atoms with E-state index in [1.54, 1.807) is 42.5 Å². The molecule has 0 aromatic heterocycles. The molecule has 1 saturated heterocycles. The van der Waals surface area contributed by atoms with Crippen molar-refractivity contribution >= 4 is 9.84 Å². The highest BCUT2D eigenvalue weighted by Crippen LogP contribution is 2.27. The zero-order chi connectivity index (χ0) is 15.7. The summed E-state index contributed by atoms with van der Waals surface area (Å²) in [5.74, 6) is 0.693. The predicted molar refractivity (Wildman–Crippen MR) is 83.0 cm³/mol. The third-order valence-electron chi connectivity index (χ3n) is 3.62. The topological polar surface area (TPSA) is 55.9 Å². The molecule has 1 atom stereocenters. The number of aryl methyl sites for hydroxylation is 2. The highest BCUT2D eigenvalue weighted by molar-refractivity contribution is 7.91. The molecule has 1 unspecified atom stereocenters. The van der Waals surface area contributed by atoms with Gasteiger partial charge in [-0.2, -0.15) is 0 Å². The molecule has 3 rings (SSSR count). The number of epoxide rings is 1.